The Balaban J connectivity index is 1.48. The number of phosphoric acid groups is 2. The summed E-state index contributed by atoms with van der Waals surface area (Å²) < 4.78 is 53.7. The molecule has 2 unspecified atom stereocenters. The quantitative estimate of drug-likeness (QED) is 0.232. The van der Waals surface area contributed by atoms with Gasteiger partial charge in [0, 0.05) is 13.1 Å². The van der Waals surface area contributed by atoms with E-state index in [9.17, 15) is 19.1 Å². The molecule has 34 heavy (non-hydrogen) atoms. The van der Waals surface area contributed by atoms with E-state index in [0.29, 0.717) is 5.82 Å². The summed E-state index contributed by atoms with van der Waals surface area (Å²) >= 11 is 0. The van der Waals surface area contributed by atoms with Crippen LogP contribution in [0.1, 0.15) is 19.1 Å². The molecule has 3 heterocycles. The number of imidazole rings is 1. The predicted molar refractivity (Wildman–Crippen MR) is 111 cm³/mol. The van der Waals surface area contributed by atoms with Crippen molar-refractivity contribution in [3.05, 3.63) is 6.33 Å². The molecule has 15 nitrogen and oxygen atoms in total. The molecule has 3 aliphatic rings. The number of alkyl halides is 1. The largest absolute Gasteiger partial charge is 0.481 e. The van der Waals surface area contributed by atoms with Crippen LogP contribution >= 0.6 is 15.6 Å². The lowest BCUT2D eigenvalue weighted by atomic mass is 9.96. The summed E-state index contributed by atoms with van der Waals surface area (Å²) in [5.41, 5.74) is 0.501. The first-order valence-electron chi connectivity index (χ1n) is 9.77. The van der Waals surface area contributed by atoms with Crippen molar-refractivity contribution in [1.82, 2.24) is 19.5 Å². The van der Waals surface area contributed by atoms with Crippen molar-refractivity contribution in [2.75, 3.05) is 17.7 Å². The first kappa shape index (κ1) is 23.6. The zero-order valence-corrected chi connectivity index (χ0v) is 19.1. The van der Waals surface area contributed by atoms with Gasteiger partial charge in [0.15, 0.2) is 28.8 Å². The summed E-state index contributed by atoms with van der Waals surface area (Å²) in [5, 5.41) is 10.9. The van der Waals surface area contributed by atoms with E-state index in [1.165, 1.54) is 6.33 Å². The van der Waals surface area contributed by atoms with Gasteiger partial charge in [0.2, 0.25) is 11.6 Å². The number of aromatic nitrogens is 4. The molecule has 5 rings (SSSR count). The van der Waals surface area contributed by atoms with Gasteiger partial charge in [0.25, 0.3) is 0 Å². The number of terminal acetylenes is 1. The predicted octanol–water partition coefficient (Wildman–Crippen LogP) is -0.414. The van der Waals surface area contributed by atoms with Crippen LogP contribution in [0.2, 0.25) is 0 Å². The van der Waals surface area contributed by atoms with Gasteiger partial charge in [0.1, 0.15) is 12.2 Å². The summed E-state index contributed by atoms with van der Waals surface area (Å²) in [6.45, 7) is 0. The molecular formula is C16H19FN6O9P2. The van der Waals surface area contributed by atoms with E-state index >= 15 is 4.39 Å². The summed E-state index contributed by atoms with van der Waals surface area (Å²) in [5.74, 6) is 2.08. The lowest BCUT2D eigenvalue weighted by molar-refractivity contribution is -0.0923. The van der Waals surface area contributed by atoms with Crippen molar-refractivity contribution in [3.63, 3.8) is 0 Å². The number of anilines is 2. The maximum absolute atomic E-state index is 16.1. The van der Waals surface area contributed by atoms with Crippen LogP contribution in [0, 0.1) is 12.3 Å². The van der Waals surface area contributed by atoms with E-state index in [4.69, 9.17) is 26.7 Å². The van der Waals surface area contributed by atoms with E-state index in [2.05, 4.69) is 23.8 Å². The minimum Gasteiger partial charge on any atom is -0.380 e. The molecule has 3 fully saturated rings. The second kappa shape index (κ2) is 7.17. The molecule has 6 atom stereocenters. The van der Waals surface area contributed by atoms with Gasteiger partial charge in [0.05, 0.1) is 6.33 Å². The first-order valence-corrected chi connectivity index (χ1v) is 12.8. The smallest absolute Gasteiger partial charge is 0.380 e. The number of rotatable bonds is 7. The van der Waals surface area contributed by atoms with Crippen molar-refractivity contribution in [3.8, 4) is 12.3 Å². The number of ether oxygens (including phenoxy) is 1. The van der Waals surface area contributed by atoms with E-state index < -0.39 is 45.4 Å². The minimum absolute atomic E-state index is 0.0670. The van der Waals surface area contributed by atoms with Crippen molar-refractivity contribution in [1.29, 1.82) is 0 Å². The van der Waals surface area contributed by atoms with Crippen molar-refractivity contribution in [2.24, 2.45) is 0 Å². The van der Waals surface area contributed by atoms with Gasteiger partial charge in [-0.25, -0.2) is 18.5 Å². The molecule has 0 spiro atoms. The zero-order valence-electron chi connectivity index (χ0n) is 17.3. The van der Waals surface area contributed by atoms with Gasteiger partial charge in [-0.3, -0.25) is 9.09 Å². The number of fused-ring (bicyclic) bond motifs is 2. The fourth-order valence-corrected chi connectivity index (χ4v) is 5.97. The van der Waals surface area contributed by atoms with Gasteiger partial charge < -0.3 is 35.2 Å². The fourth-order valence-electron chi connectivity index (χ4n) is 4.18. The van der Waals surface area contributed by atoms with Gasteiger partial charge >= 0.3 is 15.6 Å². The second-order valence-electron chi connectivity index (χ2n) is 8.23. The zero-order chi connectivity index (χ0) is 24.8. The van der Waals surface area contributed by atoms with Gasteiger partial charge in [-0.2, -0.15) is 14.3 Å². The molecule has 0 radical (unpaired) electrons. The maximum Gasteiger partial charge on any atom is 0.481 e. The standard InChI is InChI=1S/C16H19FN6O9P2/c1-3-15(17)13(30-9-10(16(9,15)24)31-34(28,29)32-33(25,26)27)23-6-19-8-11(22(2)7-4-5-7)20-14(18)21-12(8)23/h1,6-7,9-10,13,24H,4-5H2,2H3,(H,28,29)(H2,18,20,21)(H2,25,26,27)/t9-,10?,13-,15+,16+/m1/s1. The lowest BCUT2D eigenvalue weighted by Crippen LogP contribution is -2.46. The number of hydrogen-bond donors (Lipinski definition) is 5. The molecule has 2 aromatic rings. The van der Waals surface area contributed by atoms with E-state index in [-0.39, 0.29) is 23.2 Å². The molecule has 0 amide bonds. The topological polar surface area (TPSA) is 216 Å². The normalized spacial score (nSPS) is 34.4. The SMILES string of the molecule is C#C[C@]1(F)[C@H](n2cnc3c(N(C)C4CC4)nc(N)nc32)O[C@@H]2C(OP(=O)(O)OP(=O)(O)O)[C@@]21O. The van der Waals surface area contributed by atoms with Crippen LogP contribution in [0.5, 0.6) is 0 Å². The Kier molecular flexibility index (Phi) is 4.97. The van der Waals surface area contributed by atoms with Crippen LogP contribution in [0.4, 0.5) is 16.2 Å². The molecule has 0 aromatic carbocycles. The third kappa shape index (κ3) is 3.44. The average molecular weight is 520 g/mol. The number of nitrogens with two attached hydrogens (primary N) is 1. The highest BCUT2D eigenvalue weighted by atomic mass is 31.3. The lowest BCUT2D eigenvalue weighted by Gasteiger charge is -2.30. The van der Waals surface area contributed by atoms with Gasteiger partial charge in [-0.15, -0.1) is 6.42 Å². The monoisotopic (exact) mass is 520 g/mol. The Bertz CT molecular complexity index is 1330. The highest BCUT2D eigenvalue weighted by molar-refractivity contribution is 7.60. The number of nitrogen functional groups attached to an aromatic ring is 1. The van der Waals surface area contributed by atoms with Crippen molar-refractivity contribution in [2.45, 2.75) is 48.6 Å². The Labute approximate surface area is 190 Å². The number of phosphoric ester groups is 1. The Morgan fingerprint density at radius 1 is 1.38 bits per heavy atom. The number of halogens is 1. The van der Waals surface area contributed by atoms with Crippen LogP contribution < -0.4 is 10.6 Å². The van der Waals surface area contributed by atoms with Crippen molar-refractivity contribution >= 4 is 38.6 Å². The van der Waals surface area contributed by atoms with Crippen LogP contribution in [0.15, 0.2) is 6.33 Å². The maximum atomic E-state index is 16.1. The molecule has 1 aliphatic heterocycles. The molecule has 2 aromatic heterocycles. The van der Waals surface area contributed by atoms with Gasteiger partial charge in [-0.1, -0.05) is 5.92 Å². The molecule has 1 saturated heterocycles. The summed E-state index contributed by atoms with van der Waals surface area (Å²) in [4.78, 5) is 41.4. The second-order valence-corrected chi connectivity index (χ2v) is 11.0. The Morgan fingerprint density at radius 3 is 2.65 bits per heavy atom. The molecule has 184 valence electrons. The number of nitrogens with zero attached hydrogens (tertiary/aromatic N) is 5. The van der Waals surface area contributed by atoms with E-state index in [0.717, 1.165) is 17.4 Å². The molecule has 6 N–H and O–H groups in total. The summed E-state index contributed by atoms with van der Waals surface area (Å²) in [7, 11) is -9.06. The third-order valence-electron chi connectivity index (χ3n) is 6.00. The van der Waals surface area contributed by atoms with Crippen molar-refractivity contribution < 1.29 is 46.9 Å². The van der Waals surface area contributed by atoms with E-state index in [1.807, 2.05) is 4.90 Å². The van der Waals surface area contributed by atoms with Crippen LogP contribution in [-0.2, 0) is 22.7 Å². The first-order chi connectivity index (χ1) is 15.7. The summed E-state index contributed by atoms with van der Waals surface area (Å²) in [6.07, 6.45) is 3.33. The van der Waals surface area contributed by atoms with Gasteiger partial charge in [-0.05, 0) is 12.8 Å². The Morgan fingerprint density at radius 2 is 2.06 bits per heavy atom. The van der Waals surface area contributed by atoms with E-state index in [1.54, 1.807) is 13.0 Å². The highest BCUT2D eigenvalue weighted by Gasteiger charge is 2.87. The molecule has 2 saturated carbocycles. The number of hydrogen-bond acceptors (Lipinski definition) is 11. The fraction of sp³-hybridized carbons (Fsp3) is 0.562. The Hall–Kier alpha value is -2.18. The summed E-state index contributed by atoms with van der Waals surface area (Å²) in [6, 6.07) is 0.243. The molecule has 18 heteroatoms. The molecule has 0 bridgehead atoms. The number of aliphatic hydroxyl groups is 1. The van der Waals surface area contributed by atoms with Crippen LogP contribution in [0.3, 0.4) is 0 Å². The van der Waals surface area contributed by atoms with Crippen LogP contribution in [0.25, 0.3) is 11.2 Å². The molecular weight excluding hydrogens is 501 g/mol. The van der Waals surface area contributed by atoms with Crippen LogP contribution in [-0.4, -0.2) is 75.9 Å². The highest BCUT2D eigenvalue weighted by Crippen LogP contribution is 2.68. The third-order valence-corrected chi connectivity index (χ3v) is 8.17. The average Bonchev–Trinajstić information content (AvgIpc) is 3.58. The minimum atomic E-state index is -5.44. The molecule has 2 aliphatic carbocycles.